The maximum Gasteiger partial charge on any atom is 0.306 e. The third-order valence-corrected chi connectivity index (χ3v) is 4.52. The Kier molecular flexibility index (Phi) is 4.50. The molecule has 1 amide bonds. The largest absolute Gasteiger partial charge is 0.491 e. The molecular weight excluding hydrogens is 301 g/mol. The van der Waals surface area contributed by atoms with Gasteiger partial charge in [0.15, 0.2) is 0 Å². The van der Waals surface area contributed by atoms with Crippen LogP contribution < -0.4 is 10.1 Å². The number of carboxylic acids is 1. The summed E-state index contributed by atoms with van der Waals surface area (Å²) in [5.74, 6) is -1.39. The smallest absolute Gasteiger partial charge is 0.306 e. The first-order chi connectivity index (χ1) is 11.0. The molecule has 2 aliphatic carbocycles. The molecule has 2 fully saturated rings. The number of halogens is 1. The first-order valence-corrected chi connectivity index (χ1v) is 7.99. The molecule has 5 nitrogen and oxygen atoms in total. The van der Waals surface area contributed by atoms with Crippen LogP contribution in [0.3, 0.4) is 0 Å². The Bertz CT molecular complexity index is 615. The van der Waals surface area contributed by atoms with E-state index in [1.54, 1.807) is 0 Å². The number of carbonyl (C=O) groups is 2. The predicted octanol–water partition coefficient (Wildman–Crippen LogP) is 3.05. The molecule has 0 bridgehead atoms. The van der Waals surface area contributed by atoms with E-state index in [2.05, 4.69) is 5.32 Å². The standard InChI is InChI=1S/C17H20FNO4/c18-13-5-6-15(23-9-10-1-2-10)14(8-13)19-16(20)11-3-4-12(7-11)17(21)22/h5-6,8,10-12H,1-4,7,9H2,(H,19,20)(H,21,22)/t11-,12+/m0/s1. The molecular formula is C17H20FNO4. The van der Waals surface area contributed by atoms with Gasteiger partial charge in [-0.15, -0.1) is 0 Å². The lowest BCUT2D eigenvalue weighted by Crippen LogP contribution is -2.22. The summed E-state index contributed by atoms with van der Waals surface area (Å²) in [5.41, 5.74) is 0.314. The highest BCUT2D eigenvalue weighted by atomic mass is 19.1. The van der Waals surface area contributed by atoms with E-state index in [1.807, 2.05) is 0 Å². The summed E-state index contributed by atoms with van der Waals surface area (Å²) in [6.07, 6.45) is 3.65. The van der Waals surface area contributed by atoms with Crippen molar-refractivity contribution in [2.45, 2.75) is 32.1 Å². The molecule has 2 saturated carbocycles. The monoisotopic (exact) mass is 321 g/mol. The first kappa shape index (κ1) is 15.8. The molecule has 124 valence electrons. The zero-order valence-electron chi connectivity index (χ0n) is 12.8. The van der Waals surface area contributed by atoms with Gasteiger partial charge in [0.1, 0.15) is 11.6 Å². The Hall–Kier alpha value is -2.11. The molecule has 3 rings (SSSR count). The number of carbonyl (C=O) groups excluding carboxylic acids is 1. The van der Waals surface area contributed by atoms with Crippen molar-refractivity contribution in [3.63, 3.8) is 0 Å². The second kappa shape index (κ2) is 6.56. The first-order valence-electron chi connectivity index (χ1n) is 7.99. The molecule has 0 aromatic heterocycles. The fraction of sp³-hybridized carbons (Fsp3) is 0.529. The number of ether oxygens (including phenoxy) is 1. The summed E-state index contributed by atoms with van der Waals surface area (Å²) in [6.45, 7) is 0.568. The molecule has 6 heteroatoms. The van der Waals surface area contributed by atoms with Crippen molar-refractivity contribution < 1.29 is 23.8 Å². The van der Waals surface area contributed by atoms with Gasteiger partial charge in [-0.1, -0.05) is 0 Å². The van der Waals surface area contributed by atoms with Crippen LogP contribution >= 0.6 is 0 Å². The normalized spacial score (nSPS) is 23.5. The zero-order chi connectivity index (χ0) is 16.4. The van der Waals surface area contributed by atoms with E-state index in [0.29, 0.717) is 43.2 Å². The Morgan fingerprint density at radius 2 is 1.96 bits per heavy atom. The van der Waals surface area contributed by atoms with Gasteiger partial charge in [0.05, 0.1) is 18.2 Å². The predicted molar refractivity (Wildman–Crippen MR) is 81.7 cm³/mol. The van der Waals surface area contributed by atoms with Gasteiger partial charge >= 0.3 is 5.97 Å². The Morgan fingerprint density at radius 1 is 1.22 bits per heavy atom. The van der Waals surface area contributed by atoms with E-state index in [-0.39, 0.29) is 11.8 Å². The average Bonchev–Trinajstić information content (AvgIpc) is 3.19. The molecule has 0 saturated heterocycles. The minimum absolute atomic E-state index is 0.268. The van der Waals surface area contributed by atoms with Gasteiger partial charge in [-0.05, 0) is 50.2 Å². The van der Waals surface area contributed by atoms with Crippen molar-refractivity contribution >= 4 is 17.6 Å². The van der Waals surface area contributed by atoms with Crippen LogP contribution in [0.15, 0.2) is 18.2 Å². The van der Waals surface area contributed by atoms with Crippen molar-refractivity contribution in [3.05, 3.63) is 24.0 Å². The zero-order valence-corrected chi connectivity index (χ0v) is 12.8. The fourth-order valence-corrected chi connectivity index (χ4v) is 2.90. The van der Waals surface area contributed by atoms with Crippen LogP contribution in [0.25, 0.3) is 0 Å². The number of amides is 1. The molecule has 1 aromatic carbocycles. The fourth-order valence-electron chi connectivity index (χ4n) is 2.90. The average molecular weight is 321 g/mol. The van der Waals surface area contributed by atoms with Crippen molar-refractivity contribution in [2.24, 2.45) is 17.8 Å². The molecule has 2 N–H and O–H groups in total. The van der Waals surface area contributed by atoms with E-state index in [9.17, 15) is 14.0 Å². The van der Waals surface area contributed by atoms with E-state index in [4.69, 9.17) is 9.84 Å². The van der Waals surface area contributed by atoms with Gasteiger partial charge in [0.2, 0.25) is 5.91 Å². The SMILES string of the molecule is O=C(O)[C@@H]1CC[C@H](C(=O)Nc2cc(F)ccc2OCC2CC2)C1. The molecule has 23 heavy (non-hydrogen) atoms. The van der Waals surface area contributed by atoms with Crippen molar-refractivity contribution in [1.29, 1.82) is 0 Å². The van der Waals surface area contributed by atoms with Gasteiger partial charge < -0.3 is 15.2 Å². The number of rotatable bonds is 6. The van der Waals surface area contributed by atoms with Gasteiger partial charge in [0, 0.05) is 12.0 Å². The van der Waals surface area contributed by atoms with Crippen molar-refractivity contribution in [2.75, 3.05) is 11.9 Å². The Balaban J connectivity index is 1.65. The van der Waals surface area contributed by atoms with E-state index in [0.717, 1.165) is 12.8 Å². The molecule has 0 heterocycles. The highest BCUT2D eigenvalue weighted by Crippen LogP contribution is 2.34. The second-order valence-electron chi connectivity index (χ2n) is 6.43. The summed E-state index contributed by atoms with van der Waals surface area (Å²) >= 11 is 0. The lowest BCUT2D eigenvalue weighted by molar-refractivity contribution is -0.141. The Labute approximate surface area is 133 Å². The number of anilines is 1. The van der Waals surface area contributed by atoms with E-state index < -0.39 is 17.7 Å². The summed E-state index contributed by atoms with van der Waals surface area (Å²) in [6, 6.07) is 4.06. The van der Waals surface area contributed by atoms with Crippen molar-refractivity contribution in [3.8, 4) is 5.75 Å². The lowest BCUT2D eigenvalue weighted by Gasteiger charge is -2.15. The molecule has 0 spiro atoms. The maximum absolute atomic E-state index is 13.5. The Morgan fingerprint density at radius 3 is 2.61 bits per heavy atom. The lowest BCUT2D eigenvalue weighted by atomic mass is 10.0. The van der Waals surface area contributed by atoms with Crippen LogP contribution in [0.1, 0.15) is 32.1 Å². The highest BCUT2D eigenvalue weighted by Gasteiger charge is 2.34. The van der Waals surface area contributed by atoms with Crippen LogP contribution in [-0.4, -0.2) is 23.6 Å². The number of hydrogen-bond donors (Lipinski definition) is 2. The highest BCUT2D eigenvalue weighted by molar-refractivity contribution is 5.94. The van der Waals surface area contributed by atoms with Gasteiger partial charge in [-0.25, -0.2) is 4.39 Å². The summed E-state index contributed by atoms with van der Waals surface area (Å²) in [7, 11) is 0. The number of benzene rings is 1. The third-order valence-electron chi connectivity index (χ3n) is 4.52. The van der Waals surface area contributed by atoms with E-state index >= 15 is 0 Å². The molecule has 1 aromatic rings. The van der Waals surface area contributed by atoms with Crippen molar-refractivity contribution in [1.82, 2.24) is 0 Å². The number of nitrogens with one attached hydrogen (secondary N) is 1. The summed E-state index contributed by atoms with van der Waals surface area (Å²) in [5, 5.41) is 11.7. The van der Waals surface area contributed by atoms with Crippen LogP contribution in [0.2, 0.25) is 0 Å². The molecule has 0 unspecified atom stereocenters. The quantitative estimate of drug-likeness (QED) is 0.844. The topological polar surface area (TPSA) is 75.6 Å². The number of aliphatic carboxylic acids is 1. The molecule has 2 atom stereocenters. The van der Waals surface area contributed by atoms with Crippen LogP contribution in [-0.2, 0) is 9.59 Å². The second-order valence-corrected chi connectivity index (χ2v) is 6.43. The van der Waals surface area contributed by atoms with Crippen LogP contribution in [0, 0.1) is 23.6 Å². The van der Waals surface area contributed by atoms with Crippen LogP contribution in [0.5, 0.6) is 5.75 Å². The minimum Gasteiger partial charge on any atom is -0.491 e. The third kappa shape index (κ3) is 4.00. The maximum atomic E-state index is 13.5. The molecule has 2 aliphatic rings. The molecule has 0 radical (unpaired) electrons. The van der Waals surface area contributed by atoms with Gasteiger partial charge in [-0.3, -0.25) is 9.59 Å². The number of hydrogen-bond acceptors (Lipinski definition) is 3. The summed E-state index contributed by atoms with van der Waals surface area (Å²) < 4.78 is 19.1. The van der Waals surface area contributed by atoms with Gasteiger partial charge in [0.25, 0.3) is 0 Å². The minimum atomic E-state index is -0.862. The summed E-state index contributed by atoms with van der Waals surface area (Å²) in [4.78, 5) is 23.3. The number of carboxylic acid groups (broad SMARTS) is 1. The van der Waals surface area contributed by atoms with Crippen LogP contribution in [0.4, 0.5) is 10.1 Å². The van der Waals surface area contributed by atoms with Gasteiger partial charge in [-0.2, -0.15) is 0 Å². The molecule has 0 aliphatic heterocycles. The van der Waals surface area contributed by atoms with E-state index in [1.165, 1.54) is 18.2 Å².